The number of anilines is 2. The molecule has 3 aromatic carbocycles. The number of nitrogens with zero attached hydrogens (tertiary/aromatic N) is 1. The third-order valence-electron chi connectivity index (χ3n) is 3.84. The van der Waals surface area contributed by atoms with Crippen molar-refractivity contribution in [1.29, 1.82) is 0 Å². The van der Waals surface area contributed by atoms with Crippen molar-refractivity contribution in [1.82, 2.24) is 0 Å². The molecule has 23 heavy (non-hydrogen) atoms. The van der Waals surface area contributed by atoms with Crippen molar-refractivity contribution in [3.05, 3.63) is 83.1 Å². The first-order valence-corrected chi connectivity index (χ1v) is 8.48. The number of hydrogen-bond acceptors (Lipinski definition) is 2. The molecule has 0 saturated heterocycles. The molecule has 0 spiro atoms. The lowest BCUT2D eigenvalue weighted by Gasteiger charge is -2.33. The fourth-order valence-electron chi connectivity index (χ4n) is 2.75. The molecule has 0 saturated carbocycles. The van der Waals surface area contributed by atoms with Crippen LogP contribution in [0.1, 0.15) is 5.56 Å². The molecule has 1 aliphatic rings. The van der Waals surface area contributed by atoms with Crippen molar-refractivity contribution in [2.45, 2.75) is 16.3 Å². The van der Waals surface area contributed by atoms with Gasteiger partial charge in [-0.25, -0.2) is 4.39 Å². The molecule has 1 nitrogen and oxygen atoms in total. The third kappa shape index (κ3) is 2.82. The highest BCUT2D eigenvalue weighted by Crippen LogP contribution is 2.49. The van der Waals surface area contributed by atoms with Crippen LogP contribution in [0.25, 0.3) is 0 Å². The smallest absolute Gasteiger partial charge is 0.123 e. The summed E-state index contributed by atoms with van der Waals surface area (Å²) in [4.78, 5) is 4.62. The van der Waals surface area contributed by atoms with Crippen LogP contribution in [0, 0.1) is 5.82 Å². The summed E-state index contributed by atoms with van der Waals surface area (Å²) in [7, 11) is 0. The second kappa shape index (κ2) is 5.91. The number of fused-ring (bicyclic) bond motifs is 2. The first kappa shape index (κ1) is 14.6. The predicted molar refractivity (Wildman–Crippen MR) is 94.3 cm³/mol. The fourth-order valence-corrected chi connectivity index (χ4v) is 3.99. The van der Waals surface area contributed by atoms with Crippen LogP contribution in [0.2, 0.25) is 5.02 Å². The number of benzene rings is 3. The van der Waals surface area contributed by atoms with Crippen LogP contribution in [0.3, 0.4) is 0 Å². The summed E-state index contributed by atoms with van der Waals surface area (Å²) in [5.74, 6) is -0.216. The topological polar surface area (TPSA) is 3.24 Å². The highest BCUT2D eigenvalue weighted by atomic mass is 35.5. The number of hydrogen-bond donors (Lipinski definition) is 0. The van der Waals surface area contributed by atoms with E-state index in [0.717, 1.165) is 16.9 Å². The number of para-hydroxylation sites is 1. The van der Waals surface area contributed by atoms with Crippen LogP contribution < -0.4 is 4.90 Å². The van der Waals surface area contributed by atoms with Gasteiger partial charge in [-0.2, -0.15) is 0 Å². The first-order chi connectivity index (χ1) is 11.2. The van der Waals surface area contributed by atoms with Gasteiger partial charge in [0.2, 0.25) is 0 Å². The molecule has 0 bridgehead atoms. The standard InChI is InChI=1S/C19H13ClFNS/c20-14-7-10-19-17(11-14)22(12-13-5-8-15(21)9-6-13)16-3-1-2-4-18(16)23-19/h1-11H,12H2. The van der Waals surface area contributed by atoms with Gasteiger partial charge in [0.25, 0.3) is 0 Å². The van der Waals surface area contributed by atoms with E-state index >= 15 is 0 Å². The van der Waals surface area contributed by atoms with Gasteiger partial charge >= 0.3 is 0 Å². The van der Waals surface area contributed by atoms with Crippen molar-refractivity contribution in [3.8, 4) is 0 Å². The van der Waals surface area contributed by atoms with E-state index in [2.05, 4.69) is 23.1 Å². The molecular formula is C19H13ClFNS. The van der Waals surface area contributed by atoms with E-state index in [1.807, 2.05) is 36.4 Å². The fraction of sp³-hybridized carbons (Fsp3) is 0.0526. The third-order valence-corrected chi connectivity index (χ3v) is 5.21. The summed E-state index contributed by atoms with van der Waals surface area (Å²) >= 11 is 7.95. The Hall–Kier alpha value is -1.97. The SMILES string of the molecule is Fc1ccc(CN2c3ccccc3Sc3ccc(Cl)cc32)cc1. The molecule has 0 unspecified atom stereocenters. The Morgan fingerprint density at radius 2 is 1.61 bits per heavy atom. The van der Waals surface area contributed by atoms with E-state index in [1.54, 1.807) is 11.8 Å². The molecule has 0 aromatic heterocycles. The molecule has 4 rings (SSSR count). The molecule has 1 aliphatic heterocycles. The van der Waals surface area contributed by atoms with Gasteiger partial charge in [-0.15, -0.1) is 0 Å². The largest absolute Gasteiger partial charge is 0.335 e. The first-order valence-electron chi connectivity index (χ1n) is 7.29. The minimum Gasteiger partial charge on any atom is -0.335 e. The Kier molecular flexibility index (Phi) is 3.76. The van der Waals surface area contributed by atoms with Crippen molar-refractivity contribution >= 4 is 34.7 Å². The molecule has 3 aromatic rings. The number of rotatable bonds is 2. The Morgan fingerprint density at radius 1 is 0.870 bits per heavy atom. The summed E-state index contributed by atoms with van der Waals surface area (Å²) in [6.07, 6.45) is 0. The lowest BCUT2D eigenvalue weighted by Crippen LogP contribution is -2.20. The maximum absolute atomic E-state index is 13.2. The number of halogens is 2. The van der Waals surface area contributed by atoms with E-state index in [-0.39, 0.29) is 5.82 Å². The van der Waals surface area contributed by atoms with Crippen LogP contribution in [-0.2, 0) is 6.54 Å². The van der Waals surface area contributed by atoms with Gasteiger partial charge in [-0.3, -0.25) is 0 Å². The van der Waals surface area contributed by atoms with Crippen LogP contribution in [0.4, 0.5) is 15.8 Å². The summed E-state index contributed by atoms with van der Waals surface area (Å²) < 4.78 is 13.2. The minimum absolute atomic E-state index is 0.216. The molecule has 1 heterocycles. The molecule has 114 valence electrons. The highest BCUT2D eigenvalue weighted by molar-refractivity contribution is 7.99. The molecule has 0 fully saturated rings. The van der Waals surface area contributed by atoms with Crippen LogP contribution in [0.15, 0.2) is 76.5 Å². The van der Waals surface area contributed by atoms with Crippen LogP contribution >= 0.6 is 23.4 Å². The van der Waals surface area contributed by atoms with Gasteiger partial charge < -0.3 is 4.90 Å². The maximum atomic E-state index is 13.2. The Bertz CT molecular complexity index is 863. The molecule has 0 N–H and O–H groups in total. The van der Waals surface area contributed by atoms with Gasteiger partial charge in [-0.1, -0.05) is 47.6 Å². The quantitative estimate of drug-likeness (QED) is 0.539. The lowest BCUT2D eigenvalue weighted by molar-refractivity contribution is 0.627. The van der Waals surface area contributed by atoms with Gasteiger partial charge in [-0.05, 0) is 48.0 Å². The second-order valence-corrected chi connectivity index (χ2v) is 6.91. The normalized spacial score (nSPS) is 12.7. The second-order valence-electron chi connectivity index (χ2n) is 5.39. The molecule has 0 radical (unpaired) electrons. The molecule has 0 amide bonds. The monoisotopic (exact) mass is 341 g/mol. The maximum Gasteiger partial charge on any atom is 0.123 e. The van der Waals surface area contributed by atoms with Crippen molar-refractivity contribution < 1.29 is 4.39 Å². The molecule has 0 atom stereocenters. The Labute approximate surface area is 143 Å². The summed E-state index contributed by atoms with van der Waals surface area (Å²) in [6.45, 7) is 0.672. The van der Waals surface area contributed by atoms with E-state index in [0.29, 0.717) is 11.6 Å². The van der Waals surface area contributed by atoms with Gasteiger partial charge in [0.1, 0.15) is 5.82 Å². The minimum atomic E-state index is -0.216. The zero-order valence-corrected chi connectivity index (χ0v) is 13.7. The van der Waals surface area contributed by atoms with Crippen LogP contribution in [-0.4, -0.2) is 0 Å². The zero-order valence-electron chi connectivity index (χ0n) is 12.2. The van der Waals surface area contributed by atoms with Crippen molar-refractivity contribution in [3.63, 3.8) is 0 Å². The molecular weight excluding hydrogens is 329 g/mol. The van der Waals surface area contributed by atoms with E-state index in [9.17, 15) is 4.39 Å². The molecule has 4 heteroatoms. The Balaban J connectivity index is 1.81. The summed E-state index contributed by atoms with van der Waals surface area (Å²) in [6, 6.07) is 20.9. The Morgan fingerprint density at radius 3 is 2.43 bits per heavy atom. The van der Waals surface area contributed by atoms with Crippen LogP contribution in [0.5, 0.6) is 0 Å². The van der Waals surface area contributed by atoms with Crippen molar-refractivity contribution in [2.75, 3.05) is 4.90 Å². The van der Waals surface area contributed by atoms with Gasteiger partial charge in [0, 0.05) is 21.4 Å². The summed E-state index contributed by atoms with van der Waals surface area (Å²) in [5, 5.41) is 0.716. The zero-order chi connectivity index (χ0) is 15.8. The van der Waals surface area contributed by atoms with Gasteiger partial charge in [0.15, 0.2) is 0 Å². The van der Waals surface area contributed by atoms with E-state index < -0.39 is 0 Å². The predicted octanol–water partition coefficient (Wildman–Crippen LogP) is 6.28. The van der Waals surface area contributed by atoms with E-state index in [4.69, 9.17) is 11.6 Å². The highest BCUT2D eigenvalue weighted by Gasteiger charge is 2.23. The average molecular weight is 342 g/mol. The average Bonchev–Trinajstić information content (AvgIpc) is 2.57. The van der Waals surface area contributed by atoms with Gasteiger partial charge in [0.05, 0.1) is 11.4 Å². The van der Waals surface area contributed by atoms with Crippen molar-refractivity contribution in [2.24, 2.45) is 0 Å². The summed E-state index contributed by atoms with van der Waals surface area (Å²) in [5.41, 5.74) is 3.29. The lowest BCUT2D eigenvalue weighted by atomic mass is 10.1. The molecule has 0 aliphatic carbocycles. The van der Waals surface area contributed by atoms with E-state index in [1.165, 1.54) is 21.9 Å².